The van der Waals surface area contributed by atoms with Crippen LogP contribution in [0.2, 0.25) is 0 Å². The van der Waals surface area contributed by atoms with Gasteiger partial charge in [-0.2, -0.15) is 11.3 Å². The van der Waals surface area contributed by atoms with Gasteiger partial charge in [0.25, 0.3) is 0 Å². The standard InChI is InChI=1S/C20H23FN2OS/c1-14(24)23-12-17(16-7-9-25-13-16)18-11-22(8-6-20(18)23)10-15-4-2-3-5-19(15)21/h2-5,7,9,13,17-18,20H,6,8,10-12H2,1H3/t17-,18-,20-/m0/s1. The van der Waals surface area contributed by atoms with Gasteiger partial charge in [0.2, 0.25) is 5.91 Å². The Kier molecular flexibility index (Phi) is 4.61. The monoisotopic (exact) mass is 358 g/mol. The van der Waals surface area contributed by atoms with Gasteiger partial charge in [-0.25, -0.2) is 4.39 Å². The van der Waals surface area contributed by atoms with Crippen LogP contribution in [0.3, 0.4) is 0 Å². The molecule has 1 amide bonds. The van der Waals surface area contributed by atoms with Crippen molar-refractivity contribution in [1.82, 2.24) is 9.80 Å². The maximum Gasteiger partial charge on any atom is 0.219 e. The van der Waals surface area contributed by atoms with Crippen LogP contribution in [0.4, 0.5) is 4.39 Å². The van der Waals surface area contributed by atoms with Gasteiger partial charge in [0.15, 0.2) is 0 Å². The lowest BCUT2D eigenvalue weighted by Crippen LogP contribution is -2.47. The van der Waals surface area contributed by atoms with E-state index in [-0.39, 0.29) is 11.7 Å². The van der Waals surface area contributed by atoms with E-state index in [9.17, 15) is 9.18 Å². The Morgan fingerprint density at radius 1 is 1.28 bits per heavy atom. The molecule has 0 radical (unpaired) electrons. The molecular weight excluding hydrogens is 335 g/mol. The molecule has 2 fully saturated rings. The maximum absolute atomic E-state index is 14.0. The van der Waals surface area contributed by atoms with Crippen molar-refractivity contribution in [2.75, 3.05) is 19.6 Å². The van der Waals surface area contributed by atoms with Crippen molar-refractivity contribution in [3.63, 3.8) is 0 Å². The Balaban J connectivity index is 1.54. The molecule has 4 rings (SSSR count). The summed E-state index contributed by atoms with van der Waals surface area (Å²) in [6.45, 7) is 4.97. The fraction of sp³-hybridized carbons (Fsp3) is 0.450. The third kappa shape index (κ3) is 3.23. The zero-order valence-electron chi connectivity index (χ0n) is 14.4. The van der Waals surface area contributed by atoms with Crippen LogP contribution in [0.1, 0.15) is 30.4 Å². The van der Waals surface area contributed by atoms with Crippen LogP contribution >= 0.6 is 11.3 Å². The number of piperidine rings is 1. The molecule has 1 aromatic carbocycles. The third-order valence-electron chi connectivity index (χ3n) is 5.74. The summed E-state index contributed by atoms with van der Waals surface area (Å²) in [4.78, 5) is 16.5. The van der Waals surface area contributed by atoms with Gasteiger partial charge in [0, 0.05) is 56.5 Å². The highest BCUT2D eigenvalue weighted by atomic mass is 32.1. The number of fused-ring (bicyclic) bond motifs is 1. The maximum atomic E-state index is 14.0. The van der Waals surface area contributed by atoms with E-state index >= 15 is 0 Å². The molecule has 0 saturated carbocycles. The number of thiophene rings is 1. The van der Waals surface area contributed by atoms with Crippen LogP contribution in [-0.2, 0) is 11.3 Å². The Morgan fingerprint density at radius 2 is 2.12 bits per heavy atom. The third-order valence-corrected chi connectivity index (χ3v) is 6.44. The Hall–Kier alpha value is -1.72. The van der Waals surface area contributed by atoms with Crippen molar-refractivity contribution in [2.45, 2.75) is 31.8 Å². The number of halogens is 1. The topological polar surface area (TPSA) is 23.6 Å². The highest BCUT2D eigenvalue weighted by Crippen LogP contribution is 2.42. The zero-order chi connectivity index (χ0) is 17.4. The molecule has 2 aliphatic heterocycles. The van der Waals surface area contributed by atoms with Gasteiger partial charge >= 0.3 is 0 Å². The molecule has 132 valence electrons. The van der Waals surface area contributed by atoms with Gasteiger partial charge in [-0.1, -0.05) is 18.2 Å². The zero-order valence-corrected chi connectivity index (χ0v) is 15.2. The molecule has 2 aromatic rings. The Bertz CT molecular complexity index is 748. The van der Waals surface area contributed by atoms with E-state index in [1.165, 1.54) is 11.6 Å². The first-order chi connectivity index (χ1) is 12.1. The Morgan fingerprint density at radius 3 is 2.84 bits per heavy atom. The summed E-state index contributed by atoms with van der Waals surface area (Å²) in [5, 5.41) is 4.32. The lowest BCUT2D eigenvalue weighted by Gasteiger charge is -2.38. The minimum Gasteiger partial charge on any atom is -0.339 e. The second-order valence-electron chi connectivity index (χ2n) is 7.18. The van der Waals surface area contributed by atoms with Gasteiger partial charge in [-0.3, -0.25) is 9.69 Å². The average molecular weight is 358 g/mol. The molecule has 3 nitrogen and oxygen atoms in total. The SMILES string of the molecule is CC(=O)N1C[C@@H](c2ccsc2)[C@@H]2CN(Cc3ccccc3F)CC[C@@H]21. The Labute approximate surface area is 152 Å². The van der Waals surface area contributed by atoms with Crippen LogP contribution in [0.15, 0.2) is 41.1 Å². The van der Waals surface area contributed by atoms with Crippen molar-refractivity contribution >= 4 is 17.2 Å². The van der Waals surface area contributed by atoms with Crippen molar-refractivity contribution in [3.8, 4) is 0 Å². The minimum atomic E-state index is -0.129. The summed E-state index contributed by atoms with van der Waals surface area (Å²) >= 11 is 1.71. The first kappa shape index (κ1) is 16.7. The first-order valence-corrected chi connectivity index (χ1v) is 9.83. The van der Waals surface area contributed by atoms with E-state index in [0.29, 0.717) is 24.4 Å². The largest absolute Gasteiger partial charge is 0.339 e. The van der Waals surface area contributed by atoms with Gasteiger partial charge in [-0.15, -0.1) is 0 Å². The molecule has 3 heterocycles. The summed E-state index contributed by atoms with van der Waals surface area (Å²) in [6.07, 6.45) is 0.972. The van der Waals surface area contributed by atoms with E-state index in [4.69, 9.17) is 0 Å². The second kappa shape index (κ2) is 6.89. The number of carbonyl (C=O) groups excluding carboxylic acids is 1. The predicted molar refractivity (Wildman–Crippen MR) is 98.0 cm³/mol. The molecular formula is C20H23FN2OS. The molecule has 0 spiro atoms. The van der Waals surface area contributed by atoms with Crippen LogP contribution in [-0.4, -0.2) is 41.4 Å². The minimum absolute atomic E-state index is 0.129. The quantitative estimate of drug-likeness (QED) is 0.835. The number of carbonyl (C=O) groups is 1. The van der Waals surface area contributed by atoms with Crippen LogP contribution in [0, 0.1) is 11.7 Å². The van der Waals surface area contributed by atoms with Gasteiger partial charge in [-0.05, 0) is 34.9 Å². The van der Waals surface area contributed by atoms with Crippen molar-refractivity contribution in [2.24, 2.45) is 5.92 Å². The van der Waals surface area contributed by atoms with Crippen LogP contribution in [0.25, 0.3) is 0 Å². The summed E-state index contributed by atoms with van der Waals surface area (Å²) < 4.78 is 14.0. The van der Waals surface area contributed by atoms with Gasteiger partial charge < -0.3 is 4.90 Å². The number of amides is 1. The lowest BCUT2D eigenvalue weighted by atomic mass is 9.82. The molecule has 5 heteroatoms. The number of benzene rings is 1. The van der Waals surface area contributed by atoms with Crippen LogP contribution in [0.5, 0.6) is 0 Å². The summed E-state index contributed by atoms with van der Waals surface area (Å²) in [5.41, 5.74) is 2.10. The van der Waals surface area contributed by atoms with Crippen LogP contribution < -0.4 is 0 Å². The number of nitrogens with zero attached hydrogens (tertiary/aromatic N) is 2. The van der Waals surface area contributed by atoms with E-state index in [1.54, 1.807) is 24.3 Å². The van der Waals surface area contributed by atoms with Crippen molar-refractivity contribution in [3.05, 3.63) is 58.0 Å². The highest BCUT2D eigenvalue weighted by Gasteiger charge is 2.46. The smallest absolute Gasteiger partial charge is 0.219 e. The molecule has 2 aliphatic rings. The molecule has 0 unspecified atom stereocenters. The van der Waals surface area contributed by atoms with Gasteiger partial charge in [0.1, 0.15) is 5.82 Å². The predicted octanol–water partition coefficient (Wildman–Crippen LogP) is 3.72. The molecule has 0 bridgehead atoms. The highest BCUT2D eigenvalue weighted by molar-refractivity contribution is 7.08. The van der Waals surface area contributed by atoms with Crippen molar-refractivity contribution < 1.29 is 9.18 Å². The van der Waals surface area contributed by atoms with E-state index in [1.807, 2.05) is 12.1 Å². The van der Waals surface area contributed by atoms with E-state index < -0.39 is 0 Å². The van der Waals surface area contributed by atoms with Crippen molar-refractivity contribution in [1.29, 1.82) is 0 Å². The summed E-state index contributed by atoms with van der Waals surface area (Å²) in [5.74, 6) is 0.869. The molecule has 0 N–H and O–H groups in total. The summed E-state index contributed by atoms with van der Waals surface area (Å²) in [6, 6.07) is 9.54. The average Bonchev–Trinajstić information content (AvgIpc) is 3.24. The van der Waals surface area contributed by atoms with E-state index in [0.717, 1.165) is 31.6 Å². The molecule has 25 heavy (non-hydrogen) atoms. The summed E-state index contributed by atoms with van der Waals surface area (Å²) in [7, 11) is 0. The second-order valence-corrected chi connectivity index (χ2v) is 7.96. The number of rotatable bonds is 3. The molecule has 0 aliphatic carbocycles. The molecule has 2 saturated heterocycles. The number of likely N-dealkylation sites (tertiary alicyclic amines) is 2. The lowest BCUT2D eigenvalue weighted by molar-refractivity contribution is -0.130. The number of hydrogen-bond donors (Lipinski definition) is 0. The molecule has 3 atom stereocenters. The fourth-order valence-corrected chi connectivity index (χ4v) is 5.24. The fourth-order valence-electron chi connectivity index (χ4n) is 4.52. The first-order valence-electron chi connectivity index (χ1n) is 8.88. The normalized spacial score (nSPS) is 26.6. The van der Waals surface area contributed by atoms with E-state index in [2.05, 4.69) is 26.6 Å². The molecule has 1 aromatic heterocycles. The number of hydrogen-bond acceptors (Lipinski definition) is 3. The van der Waals surface area contributed by atoms with Gasteiger partial charge in [0.05, 0.1) is 0 Å².